The van der Waals surface area contributed by atoms with E-state index in [-0.39, 0.29) is 11.9 Å². The molecule has 0 N–H and O–H groups in total. The molecule has 8 nitrogen and oxygen atoms in total. The SMILES string of the molecule is CCc1noc(-c2cn(C3CCN(C(=O)c4ccc(C)cc4)C3)nn2)n1. The van der Waals surface area contributed by atoms with Crippen LogP contribution in [-0.2, 0) is 6.42 Å². The molecule has 4 rings (SSSR count). The zero-order valence-electron chi connectivity index (χ0n) is 14.8. The summed E-state index contributed by atoms with van der Waals surface area (Å²) in [4.78, 5) is 18.8. The molecule has 3 heterocycles. The van der Waals surface area contributed by atoms with Gasteiger partial charge in [0.25, 0.3) is 11.8 Å². The Kier molecular flexibility index (Phi) is 4.24. The first-order valence-corrected chi connectivity index (χ1v) is 8.74. The van der Waals surface area contributed by atoms with Crippen molar-refractivity contribution in [3.8, 4) is 11.6 Å². The van der Waals surface area contributed by atoms with Crippen molar-refractivity contribution in [1.29, 1.82) is 0 Å². The number of carbonyl (C=O) groups excluding carboxylic acids is 1. The lowest BCUT2D eigenvalue weighted by molar-refractivity contribution is 0.0787. The second kappa shape index (κ2) is 6.70. The van der Waals surface area contributed by atoms with Crippen LogP contribution in [0.2, 0.25) is 0 Å². The second-order valence-electron chi connectivity index (χ2n) is 6.51. The quantitative estimate of drug-likeness (QED) is 0.715. The van der Waals surface area contributed by atoms with Gasteiger partial charge in [0.15, 0.2) is 11.5 Å². The smallest absolute Gasteiger partial charge is 0.280 e. The first-order chi connectivity index (χ1) is 12.6. The molecule has 0 aliphatic carbocycles. The molecular weight excluding hydrogens is 332 g/mol. The van der Waals surface area contributed by atoms with E-state index in [1.807, 2.05) is 43.0 Å². The molecule has 0 radical (unpaired) electrons. The summed E-state index contributed by atoms with van der Waals surface area (Å²) < 4.78 is 6.99. The Morgan fingerprint density at radius 1 is 1.31 bits per heavy atom. The highest BCUT2D eigenvalue weighted by Gasteiger charge is 2.29. The number of hydrogen-bond donors (Lipinski definition) is 0. The first-order valence-electron chi connectivity index (χ1n) is 8.74. The summed E-state index contributed by atoms with van der Waals surface area (Å²) in [6, 6.07) is 7.76. The van der Waals surface area contributed by atoms with E-state index in [0.29, 0.717) is 42.5 Å². The Morgan fingerprint density at radius 3 is 2.85 bits per heavy atom. The zero-order chi connectivity index (χ0) is 18.1. The molecule has 0 bridgehead atoms. The number of benzene rings is 1. The van der Waals surface area contributed by atoms with Gasteiger partial charge in [0.05, 0.1) is 12.2 Å². The van der Waals surface area contributed by atoms with E-state index >= 15 is 0 Å². The molecule has 1 amide bonds. The molecule has 1 aliphatic heterocycles. The Labute approximate surface area is 150 Å². The fourth-order valence-electron chi connectivity index (χ4n) is 3.08. The van der Waals surface area contributed by atoms with Gasteiger partial charge < -0.3 is 9.42 Å². The number of rotatable bonds is 4. The van der Waals surface area contributed by atoms with Gasteiger partial charge in [-0.1, -0.05) is 35.0 Å². The standard InChI is InChI=1S/C18H20N6O2/c1-3-16-19-17(26-21-16)15-11-24(22-20-15)14-8-9-23(10-14)18(25)13-6-4-12(2)5-7-13/h4-7,11,14H,3,8-10H2,1-2H3. The number of nitrogens with zero attached hydrogens (tertiary/aromatic N) is 6. The molecular formula is C18H20N6O2. The average Bonchev–Trinajstić information content (AvgIpc) is 3.40. The maximum atomic E-state index is 12.6. The van der Waals surface area contributed by atoms with Gasteiger partial charge >= 0.3 is 0 Å². The van der Waals surface area contributed by atoms with Crippen molar-refractivity contribution in [2.75, 3.05) is 13.1 Å². The van der Waals surface area contributed by atoms with Crippen molar-refractivity contribution < 1.29 is 9.32 Å². The van der Waals surface area contributed by atoms with Gasteiger partial charge in [0.2, 0.25) is 0 Å². The average molecular weight is 352 g/mol. The predicted molar refractivity (Wildman–Crippen MR) is 93.4 cm³/mol. The van der Waals surface area contributed by atoms with Crippen molar-refractivity contribution in [2.45, 2.75) is 32.7 Å². The fourth-order valence-corrected chi connectivity index (χ4v) is 3.08. The van der Waals surface area contributed by atoms with Gasteiger partial charge in [-0.25, -0.2) is 4.68 Å². The minimum absolute atomic E-state index is 0.0531. The van der Waals surface area contributed by atoms with Crippen LogP contribution in [0.25, 0.3) is 11.6 Å². The highest BCUT2D eigenvalue weighted by molar-refractivity contribution is 5.94. The predicted octanol–water partition coefficient (Wildman–Crippen LogP) is 2.29. The molecule has 0 spiro atoms. The third-order valence-electron chi connectivity index (χ3n) is 4.64. The number of likely N-dealkylation sites (tertiary alicyclic amines) is 1. The van der Waals surface area contributed by atoms with Crippen LogP contribution in [0, 0.1) is 6.92 Å². The number of hydrogen-bond acceptors (Lipinski definition) is 6. The molecule has 2 aromatic heterocycles. The summed E-state index contributed by atoms with van der Waals surface area (Å²) >= 11 is 0. The van der Waals surface area contributed by atoms with Crippen molar-refractivity contribution in [1.82, 2.24) is 30.0 Å². The molecule has 1 unspecified atom stereocenters. The maximum absolute atomic E-state index is 12.6. The fraction of sp³-hybridized carbons (Fsp3) is 0.389. The highest BCUT2D eigenvalue weighted by Crippen LogP contribution is 2.24. The maximum Gasteiger partial charge on any atom is 0.280 e. The highest BCUT2D eigenvalue weighted by atomic mass is 16.5. The largest absolute Gasteiger partial charge is 0.336 e. The van der Waals surface area contributed by atoms with Crippen LogP contribution >= 0.6 is 0 Å². The topological polar surface area (TPSA) is 89.9 Å². The molecule has 1 aromatic carbocycles. The summed E-state index contributed by atoms with van der Waals surface area (Å²) in [5.41, 5.74) is 2.41. The van der Waals surface area contributed by atoms with Crippen LogP contribution in [-0.4, -0.2) is 49.0 Å². The Balaban J connectivity index is 1.45. The lowest BCUT2D eigenvalue weighted by atomic mass is 10.1. The van der Waals surface area contributed by atoms with Crippen LogP contribution in [0.1, 0.15) is 41.1 Å². The third-order valence-corrected chi connectivity index (χ3v) is 4.64. The van der Waals surface area contributed by atoms with E-state index in [1.54, 1.807) is 10.9 Å². The normalized spacial score (nSPS) is 17.0. The van der Waals surface area contributed by atoms with Gasteiger partial charge in [0, 0.05) is 25.1 Å². The molecule has 1 fully saturated rings. The molecule has 1 aliphatic rings. The van der Waals surface area contributed by atoms with Gasteiger partial charge in [-0.2, -0.15) is 4.98 Å². The molecule has 1 atom stereocenters. The molecule has 8 heteroatoms. The number of aryl methyl sites for hydroxylation is 2. The molecule has 26 heavy (non-hydrogen) atoms. The van der Waals surface area contributed by atoms with Crippen molar-refractivity contribution in [2.24, 2.45) is 0 Å². The van der Waals surface area contributed by atoms with E-state index in [2.05, 4.69) is 20.5 Å². The lowest BCUT2D eigenvalue weighted by Gasteiger charge is -2.16. The van der Waals surface area contributed by atoms with Gasteiger partial charge in [0.1, 0.15) is 0 Å². The molecule has 134 valence electrons. The molecule has 0 saturated carbocycles. The van der Waals surface area contributed by atoms with E-state index in [1.165, 1.54) is 0 Å². The van der Waals surface area contributed by atoms with Crippen LogP contribution in [0.4, 0.5) is 0 Å². The summed E-state index contributed by atoms with van der Waals surface area (Å²) in [7, 11) is 0. The minimum Gasteiger partial charge on any atom is -0.336 e. The van der Waals surface area contributed by atoms with Crippen molar-refractivity contribution >= 4 is 5.91 Å². The second-order valence-corrected chi connectivity index (χ2v) is 6.51. The molecule has 1 saturated heterocycles. The number of aromatic nitrogens is 5. The van der Waals surface area contributed by atoms with Crippen LogP contribution in [0.3, 0.4) is 0 Å². The zero-order valence-corrected chi connectivity index (χ0v) is 14.8. The van der Waals surface area contributed by atoms with Crippen LogP contribution in [0.15, 0.2) is 35.0 Å². The first kappa shape index (κ1) is 16.4. The molecule has 3 aromatic rings. The Bertz CT molecular complexity index is 914. The Hall–Kier alpha value is -3.03. The summed E-state index contributed by atoms with van der Waals surface area (Å²) in [6.07, 6.45) is 3.35. The van der Waals surface area contributed by atoms with Crippen LogP contribution < -0.4 is 0 Å². The van der Waals surface area contributed by atoms with E-state index in [4.69, 9.17) is 4.52 Å². The summed E-state index contributed by atoms with van der Waals surface area (Å²) in [6.45, 7) is 5.28. The van der Waals surface area contributed by atoms with Crippen molar-refractivity contribution in [3.63, 3.8) is 0 Å². The lowest BCUT2D eigenvalue weighted by Crippen LogP contribution is -2.29. The van der Waals surface area contributed by atoms with E-state index in [9.17, 15) is 4.79 Å². The van der Waals surface area contributed by atoms with Crippen LogP contribution in [0.5, 0.6) is 0 Å². The Morgan fingerprint density at radius 2 is 2.12 bits per heavy atom. The van der Waals surface area contributed by atoms with Crippen molar-refractivity contribution in [3.05, 3.63) is 47.4 Å². The number of carbonyl (C=O) groups is 1. The van der Waals surface area contributed by atoms with Gasteiger partial charge in [-0.15, -0.1) is 5.10 Å². The van der Waals surface area contributed by atoms with Gasteiger partial charge in [-0.3, -0.25) is 4.79 Å². The van der Waals surface area contributed by atoms with E-state index in [0.717, 1.165) is 12.0 Å². The summed E-state index contributed by atoms with van der Waals surface area (Å²) in [5, 5.41) is 12.2. The summed E-state index contributed by atoms with van der Waals surface area (Å²) in [5.74, 6) is 1.07. The van der Waals surface area contributed by atoms with Gasteiger partial charge in [-0.05, 0) is 25.5 Å². The monoisotopic (exact) mass is 352 g/mol. The van der Waals surface area contributed by atoms with E-state index < -0.39 is 0 Å². The minimum atomic E-state index is 0.0531. The third kappa shape index (κ3) is 3.10. The number of amides is 1.